The van der Waals surface area contributed by atoms with E-state index in [0.717, 1.165) is 16.9 Å². The lowest BCUT2D eigenvalue weighted by Crippen LogP contribution is -2.34. The molecule has 0 bridgehead atoms. The molecule has 7 heteroatoms. The van der Waals surface area contributed by atoms with Gasteiger partial charge in [-0.3, -0.25) is 14.3 Å². The van der Waals surface area contributed by atoms with Crippen LogP contribution in [0.15, 0.2) is 39.9 Å². The van der Waals surface area contributed by atoms with Gasteiger partial charge in [-0.15, -0.1) is 11.3 Å². The van der Waals surface area contributed by atoms with Gasteiger partial charge < -0.3 is 4.74 Å². The van der Waals surface area contributed by atoms with E-state index in [2.05, 4.69) is 4.98 Å². The van der Waals surface area contributed by atoms with Crippen LogP contribution >= 0.6 is 11.3 Å². The van der Waals surface area contributed by atoms with Crippen LogP contribution in [0, 0.1) is 6.92 Å². The van der Waals surface area contributed by atoms with Crippen LogP contribution in [-0.4, -0.2) is 22.1 Å². The Balaban J connectivity index is 1.88. The van der Waals surface area contributed by atoms with Crippen molar-refractivity contribution in [3.8, 4) is 0 Å². The number of benzene rings is 1. The third-order valence-corrected chi connectivity index (χ3v) is 4.73. The predicted molar refractivity (Wildman–Crippen MR) is 97.6 cm³/mol. The molecule has 6 nitrogen and oxygen atoms in total. The fraction of sp³-hybridized carbons (Fsp3) is 0.278. The molecule has 0 amide bonds. The molecular formula is C18H18N2O4S. The fourth-order valence-corrected chi connectivity index (χ4v) is 3.41. The highest BCUT2D eigenvalue weighted by molar-refractivity contribution is 7.18. The molecule has 1 aromatic carbocycles. The monoisotopic (exact) mass is 358 g/mol. The van der Waals surface area contributed by atoms with Crippen molar-refractivity contribution in [2.45, 2.75) is 26.8 Å². The number of carbonyl (C=O) groups is 1. The SMILES string of the molecule is CCCOC(=O)c1ccc(Cn2c(=O)[nH]c3sc(C)cc3c2=O)cc1. The van der Waals surface area contributed by atoms with Crippen LogP contribution in [0.2, 0.25) is 0 Å². The van der Waals surface area contributed by atoms with E-state index in [0.29, 0.717) is 22.4 Å². The zero-order valence-corrected chi connectivity index (χ0v) is 14.8. The molecule has 3 rings (SSSR count). The molecule has 0 fully saturated rings. The maximum atomic E-state index is 12.5. The van der Waals surface area contributed by atoms with Gasteiger partial charge in [0, 0.05) is 4.88 Å². The number of carbonyl (C=O) groups excluding carboxylic acids is 1. The van der Waals surface area contributed by atoms with Crippen LogP contribution in [0.25, 0.3) is 10.2 Å². The largest absolute Gasteiger partial charge is 0.462 e. The van der Waals surface area contributed by atoms with E-state index < -0.39 is 5.69 Å². The summed E-state index contributed by atoms with van der Waals surface area (Å²) in [5, 5.41) is 0.516. The summed E-state index contributed by atoms with van der Waals surface area (Å²) in [5.41, 5.74) is 0.452. The van der Waals surface area contributed by atoms with Gasteiger partial charge in [0.15, 0.2) is 0 Å². The Morgan fingerprint density at radius 1 is 1.24 bits per heavy atom. The number of H-pyrrole nitrogens is 1. The third-order valence-electron chi connectivity index (χ3n) is 3.76. The van der Waals surface area contributed by atoms with Crippen molar-refractivity contribution in [3.05, 3.63) is 67.2 Å². The number of aromatic nitrogens is 2. The number of nitrogens with zero attached hydrogens (tertiary/aromatic N) is 1. The van der Waals surface area contributed by atoms with Gasteiger partial charge in [0.25, 0.3) is 5.56 Å². The first-order valence-corrected chi connectivity index (χ1v) is 8.80. The molecule has 0 radical (unpaired) electrons. The molecule has 0 aliphatic carbocycles. The fourth-order valence-electron chi connectivity index (χ4n) is 2.52. The summed E-state index contributed by atoms with van der Waals surface area (Å²) in [6.07, 6.45) is 0.764. The van der Waals surface area contributed by atoms with E-state index >= 15 is 0 Å². The number of hydrogen-bond donors (Lipinski definition) is 1. The maximum Gasteiger partial charge on any atom is 0.338 e. The molecule has 0 aliphatic rings. The second-order valence-electron chi connectivity index (χ2n) is 5.75. The molecule has 0 saturated carbocycles. The summed E-state index contributed by atoms with van der Waals surface area (Å²) in [6, 6.07) is 8.50. The molecule has 1 N–H and O–H groups in total. The number of thiophene rings is 1. The Labute approximate surface area is 147 Å². The molecule has 0 saturated heterocycles. The minimum Gasteiger partial charge on any atom is -0.462 e. The molecule has 0 aliphatic heterocycles. The van der Waals surface area contributed by atoms with Crippen molar-refractivity contribution in [1.29, 1.82) is 0 Å². The minimum absolute atomic E-state index is 0.142. The van der Waals surface area contributed by atoms with Crippen LogP contribution in [0.5, 0.6) is 0 Å². The summed E-state index contributed by atoms with van der Waals surface area (Å²) >= 11 is 1.39. The Kier molecular flexibility index (Phi) is 4.85. The lowest BCUT2D eigenvalue weighted by atomic mass is 10.1. The summed E-state index contributed by atoms with van der Waals surface area (Å²) in [6.45, 7) is 4.34. The van der Waals surface area contributed by atoms with Gasteiger partial charge in [-0.1, -0.05) is 19.1 Å². The number of nitrogens with one attached hydrogen (secondary N) is 1. The van der Waals surface area contributed by atoms with Gasteiger partial charge in [-0.25, -0.2) is 9.59 Å². The molecule has 0 spiro atoms. The zero-order chi connectivity index (χ0) is 18.0. The average molecular weight is 358 g/mol. The number of aromatic amines is 1. The minimum atomic E-state index is -0.439. The number of rotatable bonds is 5. The summed E-state index contributed by atoms with van der Waals surface area (Å²) in [4.78, 5) is 40.8. The van der Waals surface area contributed by atoms with Crippen LogP contribution < -0.4 is 11.2 Å². The van der Waals surface area contributed by atoms with Crippen LogP contribution in [-0.2, 0) is 11.3 Å². The molecule has 0 atom stereocenters. The highest BCUT2D eigenvalue weighted by Crippen LogP contribution is 2.18. The highest BCUT2D eigenvalue weighted by atomic mass is 32.1. The molecular weight excluding hydrogens is 340 g/mol. The van der Waals surface area contributed by atoms with E-state index in [1.807, 2.05) is 13.8 Å². The molecule has 2 heterocycles. The zero-order valence-electron chi connectivity index (χ0n) is 14.0. The van der Waals surface area contributed by atoms with Gasteiger partial charge in [0.2, 0.25) is 0 Å². The van der Waals surface area contributed by atoms with Gasteiger partial charge in [-0.2, -0.15) is 0 Å². The van der Waals surface area contributed by atoms with E-state index in [-0.39, 0.29) is 18.1 Å². The Bertz CT molecular complexity index is 1030. The average Bonchev–Trinajstić information content (AvgIpc) is 2.97. The summed E-state index contributed by atoms with van der Waals surface area (Å²) in [5.74, 6) is -0.376. The predicted octanol–water partition coefficient (Wildman–Crippen LogP) is 2.67. The number of esters is 1. The number of hydrogen-bond acceptors (Lipinski definition) is 5. The summed E-state index contributed by atoms with van der Waals surface area (Å²) < 4.78 is 6.24. The maximum absolute atomic E-state index is 12.5. The van der Waals surface area contributed by atoms with Crippen molar-refractivity contribution in [3.63, 3.8) is 0 Å². The normalized spacial score (nSPS) is 11.0. The quantitative estimate of drug-likeness (QED) is 0.711. The van der Waals surface area contributed by atoms with Crippen molar-refractivity contribution < 1.29 is 9.53 Å². The lowest BCUT2D eigenvalue weighted by molar-refractivity contribution is 0.0505. The van der Waals surface area contributed by atoms with E-state index in [4.69, 9.17) is 4.74 Å². The smallest absolute Gasteiger partial charge is 0.338 e. The first kappa shape index (κ1) is 17.2. The standard InChI is InChI=1S/C18H18N2O4S/c1-3-8-24-17(22)13-6-4-12(5-7-13)10-20-16(21)14-9-11(2)25-15(14)19-18(20)23/h4-7,9H,3,8,10H2,1-2H3,(H,19,23). The van der Waals surface area contributed by atoms with Gasteiger partial charge in [0.05, 0.1) is 24.1 Å². The van der Waals surface area contributed by atoms with E-state index in [9.17, 15) is 14.4 Å². The van der Waals surface area contributed by atoms with Crippen LogP contribution in [0.3, 0.4) is 0 Å². The topological polar surface area (TPSA) is 81.2 Å². The molecule has 3 aromatic rings. The molecule has 0 unspecified atom stereocenters. The summed E-state index contributed by atoms with van der Waals surface area (Å²) in [7, 11) is 0. The van der Waals surface area contributed by atoms with Gasteiger partial charge in [0.1, 0.15) is 4.83 Å². The van der Waals surface area contributed by atoms with Crippen molar-refractivity contribution in [2.75, 3.05) is 6.61 Å². The van der Waals surface area contributed by atoms with Gasteiger partial charge >= 0.3 is 11.7 Å². The Morgan fingerprint density at radius 3 is 2.64 bits per heavy atom. The Hall–Kier alpha value is -2.67. The first-order chi connectivity index (χ1) is 12.0. The number of ether oxygens (including phenoxy) is 1. The third kappa shape index (κ3) is 3.56. The Morgan fingerprint density at radius 2 is 1.96 bits per heavy atom. The molecule has 130 valence electrons. The van der Waals surface area contributed by atoms with Crippen molar-refractivity contribution >= 4 is 27.5 Å². The molecule has 25 heavy (non-hydrogen) atoms. The first-order valence-electron chi connectivity index (χ1n) is 7.99. The van der Waals surface area contributed by atoms with E-state index in [1.54, 1.807) is 30.3 Å². The second kappa shape index (κ2) is 7.06. The second-order valence-corrected chi connectivity index (χ2v) is 7.01. The van der Waals surface area contributed by atoms with Crippen molar-refractivity contribution in [1.82, 2.24) is 9.55 Å². The lowest BCUT2D eigenvalue weighted by Gasteiger charge is -2.07. The molecule has 2 aromatic heterocycles. The highest BCUT2D eigenvalue weighted by Gasteiger charge is 2.11. The van der Waals surface area contributed by atoms with Crippen LogP contribution in [0.4, 0.5) is 0 Å². The van der Waals surface area contributed by atoms with Crippen LogP contribution in [0.1, 0.15) is 34.1 Å². The van der Waals surface area contributed by atoms with Crippen molar-refractivity contribution in [2.24, 2.45) is 0 Å². The number of fused-ring (bicyclic) bond motifs is 1. The van der Waals surface area contributed by atoms with Gasteiger partial charge in [-0.05, 0) is 37.1 Å². The number of aryl methyl sites for hydroxylation is 1. The van der Waals surface area contributed by atoms with E-state index in [1.165, 1.54) is 15.9 Å².